The molecule has 0 fully saturated rings. The number of fused-ring (bicyclic) bond motifs is 23. The Balaban J connectivity index is 1.02. The first-order chi connectivity index (χ1) is 30.8. The zero-order chi connectivity index (χ0) is 40.3. The van der Waals surface area contributed by atoms with E-state index in [9.17, 15) is 0 Å². The van der Waals surface area contributed by atoms with E-state index in [2.05, 4.69) is 199 Å². The molecule has 0 N–H and O–H groups in total. The molecule has 0 amide bonds. The van der Waals surface area contributed by atoms with E-state index in [1.807, 2.05) is 11.3 Å². The second-order valence-corrected chi connectivity index (χ2v) is 17.9. The maximum absolute atomic E-state index is 6.74. The molecule has 0 saturated carbocycles. The van der Waals surface area contributed by atoms with Crippen LogP contribution in [0.4, 0.5) is 0 Å². The summed E-state index contributed by atoms with van der Waals surface area (Å²) in [6.07, 6.45) is 0. The molecule has 0 bridgehead atoms. The number of para-hydroxylation sites is 2. The Morgan fingerprint density at radius 2 is 1.13 bits per heavy atom. The molecule has 4 heterocycles. The van der Waals surface area contributed by atoms with Gasteiger partial charge in [0.05, 0.1) is 27.5 Å². The first kappa shape index (κ1) is 33.0. The lowest BCUT2D eigenvalue weighted by Gasteiger charge is -2.30. The second-order valence-electron chi connectivity index (χ2n) is 16.9. The Hall–Kier alpha value is -7.79. The molecular formula is C58H32N2OS. The van der Waals surface area contributed by atoms with Gasteiger partial charge in [0, 0.05) is 53.7 Å². The molecule has 3 nitrogen and oxygen atoms in total. The fourth-order valence-corrected chi connectivity index (χ4v) is 12.9. The number of hydrogen-bond acceptors (Lipinski definition) is 3. The standard InChI is InChI=1S/C58H32N2OS/c1-7-22-43-35(16-1)36-17-2-8-23-44(36)58(43)45-24-9-3-19-39(45)52-46(58)30-28-42-51(52)40-20-4-10-25-47(40)59-55(42)33-14-13-15-34(32-33)60-48-31-29-38-37-18-5-11-26-49(37)61-56(38)54(48)53-41-21-6-12-27-50(41)62-57(53)60/h1-32H. The Morgan fingerprint density at radius 3 is 1.95 bits per heavy atom. The summed E-state index contributed by atoms with van der Waals surface area (Å²) < 4.78 is 10.4. The van der Waals surface area contributed by atoms with Gasteiger partial charge in [-0.2, -0.15) is 0 Å². The van der Waals surface area contributed by atoms with E-state index in [0.717, 1.165) is 60.7 Å². The molecule has 0 radical (unpaired) electrons. The average Bonchev–Trinajstić information content (AvgIpc) is 4.12. The number of hydrogen-bond donors (Lipinski definition) is 0. The molecular weight excluding hydrogens is 773 g/mol. The number of rotatable bonds is 2. The van der Waals surface area contributed by atoms with Crippen LogP contribution in [-0.2, 0) is 5.41 Å². The van der Waals surface area contributed by atoms with Crippen molar-refractivity contribution in [2.45, 2.75) is 5.41 Å². The van der Waals surface area contributed by atoms with Gasteiger partial charge in [-0.3, -0.25) is 0 Å². The maximum atomic E-state index is 6.74. The van der Waals surface area contributed by atoms with Crippen LogP contribution in [0.1, 0.15) is 22.3 Å². The molecule has 286 valence electrons. The van der Waals surface area contributed by atoms with Crippen LogP contribution in [0.3, 0.4) is 0 Å². The molecule has 62 heavy (non-hydrogen) atoms. The highest BCUT2D eigenvalue weighted by Gasteiger charge is 2.52. The quantitative estimate of drug-likeness (QED) is 0.163. The minimum atomic E-state index is -0.423. The van der Waals surface area contributed by atoms with Crippen LogP contribution >= 0.6 is 11.3 Å². The van der Waals surface area contributed by atoms with Crippen LogP contribution in [-0.4, -0.2) is 9.55 Å². The minimum Gasteiger partial charge on any atom is -0.455 e. The highest BCUT2D eigenvalue weighted by atomic mass is 32.1. The van der Waals surface area contributed by atoms with Crippen molar-refractivity contribution >= 4 is 86.2 Å². The van der Waals surface area contributed by atoms with Crippen molar-refractivity contribution in [3.05, 3.63) is 216 Å². The summed E-state index contributed by atoms with van der Waals surface area (Å²) in [5.41, 5.74) is 17.3. The van der Waals surface area contributed by atoms with Crippen LogP contribution in [0.25, 0.3) is 114 Å². The van der Waals surface area contributed by atoms with Gasteiger partial charge in [-0.15, -0.1) is 11.3 Å². The normalized spacial score (nSPS) is 13.6. The number of furan rings is 1. The van der Waals surface area contributed by atoms with Crippen LogP contribution in [0, 0.1) is 0 Å². The maximum Gasteiger partial charge on any atom is 0.145 e. The molecule has 2 aliphatic carbocycles. The fraction of sp³-hybridized carbons (Fsp3) is 0.0172. The van der Waals surface area contributed by atoms with E-state index in [4.69, 9.17) is 9.40 Å². The number of pyridine rings is 1. The van der Waals surface area contributed by atoms with Crippen molar-refractivity contribution in [2.24, 2.45) is 0 Å². The van der Waals surface area contributed by atoms with E-state index >= 15 is 0 Å². The molecule has 13 aromatic rings. The van der Waals surface area contributed by atoms with Crippen LogP contribution in [0.2, 0.25) is 0 Å². The Kier molecular flexibility index (Phi) is 6.24. The van der Waals surface area contributed by atoms with Crippen molar-refractivity contribution < 1.29 is 4.42 Å². The summed E-state index contributed by atoms with van der Waals surface area (Å²) in [5.74, 6) is 0. The Bertz CT molecular complexity index is 4080. The predicted molar refractivity (Wildman–Crippen MR) is 258 cm³/mol. The zero-order valence-corrected chi connectivity index (χ0v) is 34.0. The predicted octanol–water partition coefficient (Wildman–Crippen LogP) is 15.6. The summed E-state index contributed by atoms with van der Waals surface area (Å²) in [6.45, 7) is 0. The second kappa shape index (κ2) is 11.7. The molecule has 0 saturated heterocycles. The molecule has 2 aliphatic rings. The summed E-state index contributed by atoms with van der Waals surface area (Å²) in [7, 11) is 0. The van der Waals surface area contributed by atoms with Gasteiger partial charge in [-0.05, 0) is 87.0 Å². The average molecular weight is 805 g/mol. The smallest absolute Gasteiger partial charge is 0.145 e. The van der Waals surface area contributed by atoms with Gasteiger partial charge in [0.15, 0.2) is 0 Å². The van der Waals surface area contributed by atoms with Gasteiger partial charge in [-0.1, -0.05) is 152 Å². The highest BCUT2D eigenvalue weighted by molar-refractivity contribution is 7.25. The van der Waals surface area contributed by atoms with Gasteiger partial charge < -0.3 is 8.98 Å². The number of thiophene rings is 1. The molecule has 4 heteroatoms. The lowest BCUT2D eigenvalue weighted by atomic mass is 9.70. The van der Waals surface area contributed by atoms with Crippen molar-refractivity contribution in [1.29, 1.82) is 0 Å². The summed E-state index contributed by atoms with van der Waals surface area (Å²) in [6, 6.07) is 71.4. The molecule has 4 aromatic heterocycles. The third kappa shape index (κ3) is 3.95. The van der Waals surface area contributed by atoms with Gasteiger partial charge in [-0.25, -0.2) is 4.98 Å². The number of aromatic nitrogens is 2. The van der Waals surface area contributed by atoms with E-state index in [1.54, 1.807) is 0 Å². The minimum absolute atomic E-state index is 0.423. The van der Waals surface area contributed by atoms with E-state index < -0.39 is 5.41 Å². The molecule has 0 aliphatic heterocycles. The van der Waals surface area contributed by atoms with Gasteiger partial charge in [0.1, 0.15) is 16.0 Å². The SMILES string of the molecule is c1cc(-c2nc3ccccc3c3c4c(ccc23)C2(c3ccccc3-c3ccccc32)c2ccccc2-4)cc(-n2c3ccc4c5ccccc5oc4c3c3c4ccccc4sc32)c1. The van der Waals surface area contributed by atoms with Crippen LogP contribution in [0.5, 0.6) is 0 Å². The third-order valence-electron chi connectivity index (χ3n) is 14.0. The zero-order valence-electron chi connectivity index (χ0n) is 33.2. The van der Waals surface area contributed by atoms with Crippen molar-refractivity contribution in [3.8, 4) is 39.2 Å². The summed E-state index contributed by atoms with van der Waals surface area (Å²) >= 11 is 1.84. The molecule has 0 atom stereocenters. The first-order valence-corrected chi connectivity index (χ1v) is 22.1. The van der Waals surface area contributed by atoms with Crippen molar-refractivity contribution in [2.75, 3.05) is 0 Å². The van der Waals surface area contributed by atoms with Crippen LogP contribution < -0.4 is 0 Å². The van der Waals surface area contributed by atoms with E-state index in [-0.39, 0.29) is 0 Å². The lowest BCUT2D eigenvalue weighted by Crippen LogP contribution is -2.25. The highest BCUT2D eigenvalue weighted by Crippen LogP contribution is 2.64. The van der Waals surface area contributed by atoms with Gasteiger partial charge >= 0.3 is 0 Å². The van der Waals surface area contributed by atoms with E-state index in [0.29, 0.717) is 0 Å². The molecule has 1 spiro atoms. The number of nitrogens with zero attached hydrogens (tertiary/aromatic N) is 2. The van der Waals surface area contributed by atoms with Crippen LogP contribution in [0.15, 0.2) is 199 Å². The van der Waals surface area contributed by atoms with Crippen molar-refractivity contribution in [3.63, 3.8) is 0 Å². The van der Waals surface area contributed by atoms with Gasteiger partial charge in [0.2, 0.25) is 0 Å². The van der Waals surface area contributed by atoms with Gasteiger partial charge in [0.25, 0.3) is 0 Å². The fourth-order valence-electron chi connectivity index (χ4n) is 11.6. The topological polar surface area (TPSA) is 31.0 Å². The van der Waals surface area contributed by atoms with Crippen molar-refractivity contribution in [1.82, 2.24) is 9.55 Å². The molecule has 9 aromatic carbocycles. The summed E-state index contributed by atoms with van der Waals surface area (Å²) in [4.78, 5) is 6.75. The van der Waals surface area contributed by atoms with E-state index in [1.165, 1.54) is 75.6 Å². The molecule has 15 rings (SSSR count). The first-order valence-electron chi connectivity index (χ1n) is 21.3. The summed E-state index contributed by atoms with van der Waals surface area (Å²) in [5, 5.41) is 9.51. The Labute approximate surface area is 359 Å². The lowest BCUT2D eigenvalue weighted by molar-refractivity contribution is 0.673. The Morgan fingerprint density at radius 1 is 0.468 bits per heavy atom. The largest absolute Gasteiger partial charge is 0.455 e. The number of benzene rings is 9. The molecule has 0 unspecified atom stereocenters. The monoisotopic (exact) mass is 804 g/mol. The third-order valence-corrected chi connectivity index (χ3v) is 15.2.